The van der Waals surface area contributed by atoms with E-state index in [2.05, 4.69) is 34.3 Å². The third kappa shape index (κ3) is 10.0. The van der Waals surface area contributed by atoms with Crippen molar-refractivity contribution in [1.29, 1.82) is 0 Å². The Kier molecular flexibility index (Phi) is 12.0. The molecule has 1 amide bonds. The zero-order chi connectivity index (χ0) is 29.6. The number of hydrogen-bond donors (Lipinski definition) is 1. The summed E-state index contributed by atoms with van der Waals surface area (Å²) in [6.45, 7) is 1.16. The number of Topliss-reactive ketones (excluding diaryl/α,β-unsaturated/α-hetero) is 1. The molecule has 0 aliphatic heterocycles. The molecule has 4 aromatic rings. The van der Waals surface area contributed by atoms with Crippen molar-refractivity contribution in [2.45, 2.75) is 51.0 Å². The molecule has 6 nitrogen and oxygen atoms in total. The molecule has 7 heteroatoms. The second-order valence-electron chi connectivity index (χ2n) is 10.3. The van der Waals surface area contributed by atoms with Crippen LogP contribution in [0.15, 0.2) is 91.0 Å². The molecule has 218 valence electrons. The number of benzene rings is 4. The number of hydrogen-bond acceptors (Lipinski definition) is 5. The monoisotopic (exact) mass is 585 g/mol. The van der Waals surface area contributed by atoms with Gasteiger partial charge in [-0.25, -0.2) is 0 Å². The fourth-order valence-electron chi connectivity index (χ4n) is 4.84. The Labute approximate surface area is 252 Å². The number of fused-ring (bicyclic) bond motifs is 1. The van der Waals surface area contributed by atoms with Crippen LogP contribution in [0.5, 0.6) is 5.75 Å². The van der Waals surface area contributed by atoms with E-state index in [1.54, 1.807) is 0 Å². The van der Waals surface area contributed by atoms with Gasteiger partial charge in [-0.1, -0.05) is 78.3 Å². The lowest BCUT2D eigenvalue weighted by atomic mass is 9.97. The molecule has 1 atom stereocenters. The summed E-state index contributed by atoms with van der Waals surface area (Å²) in [5, 5.41) is 6.00. The van der Waals surface area contributed by atoms with E-state index >= 15 is 0 Å². The second-order valence-corrected chi connectivity index (χ2v) is 10.7. The lowest BCUT2D eigenvalue weighted by Gasteiger charge is -2.18. The summed E-state index contributed by atoms with van der Waals surface area (Å²) in [5.41, 5.74) is 3.09. The number of rotatable bonds is 17. The van der Waals surface area contributed by atoms with Crippen molar-refractivity contribution in [2.24, 2.45) is 0 Å². The predicted molar refractivity (Wildman–Crippen MR) is 166 cm³/mol. The Bertz CT molecular complexity index is 1470. The molecule has 0 aromatic heterocycles. The average molecular weight is 586 g/mol. The zero-order valence-electron chi connectivity index (χ0n) is 23.6. The Morgan fingerprint density at radius 3 is 2.31 bits per heavy atom. The van der Waals surface area contributed by atoms with E-state index < -0.39 is 6.04 Å². The molecular weight excluding hydrogens is 550 g/mol. The minimum Gasteiger partial charge on any atom is -0.493 e. The summed E-state index contributed by atoms with van der Waals surface area (Å²) in [6.07, 6.45) is 3.64. The van der Waals surface area contributed by atoms with Crippen molar-refractivity contribution >= 4 is 40.5 Å². The van der Waals surface area contributed by atoms with Crippen LogP contribution in [0.2, 0.25) is 5.02 Å². The fourth-order valence-corrected chi connectivity index (χ4v) is 5.05. The number of nitrogens with one attached hydrogen (secondary N) is 1. The number of carbonyl (C=O) groups is 3. The second kappa shape index (κ2) is 16.3. The van der Waals surface area contributed by atoms with E-state index in [4.69, 9.17) is 16.3 Å². The van der Waals surface area contributed by atoms with Gasteiger partial charge in [-0.2, -0.15) is 0 Å². The van der Waals surface area contributed by atoms with Gasteiger partial charge in [0.25, 0.3) is 6.47 Å². The maximum Gasteiger partial charge on any atom is 0.293 e. The molecule has 0 saturated carbocycles. The number of carbonyl (C=O) groups excluding carboxylic acids is 3. The van der Waals surface area contributed by atoms with Gasteiger partial charge in [-0.3, -0.25) is 14.4 Å². The van der Waals surface area contributed by atoms with Crippen LogP contribution < -0.4 is 10.1 Å². The van der Waals surface area contributed by atoms with Crippen molar-refractivity contribution in [1.82, 2.24) is 5.32 Å². The van der Waals surface area contributed by atoms with Crippen molar-refractivity contribution in [3.8, 4) is 5.75 Å². The van der Waals surface area contributed by atoms with Crippen molar-refractivity contribution in [3.05, 3.63) is 113 Å². The minimum absolute atomic E-state index is 0.00610. The van der Waals surface area contributed by atoms with Gasteiger partial charge in [0.05, 0.1) is 19.3 Å². The molecule has 0 bridgehead atoms. The highest BCUT2D eigenvalue weighted by Crippen LogP contribution is 2.18. The summed E-state index contributed by atoms with van der Waals surface area (Å²) < 4.78 is 10.4. The molecule has 0 unspecified atom stereocenters. The molecule has 0 saturated heterocycles. The van der Waals surface area contributed by atoms with Gasteiger partial charge >= 0.3 is 0 Å². The number of halogens is 1. The first-order chi connectivity index (χ1) is 20.5. The SMILES string of the molecule is O=COCCCOc1ccc(C[C@H](NC(=O)CCc2ccc3ccccc3c2)C(=O)CCCc2cccc(Cl)c2)cc1. The molecule has 0 radical (unpaired) electrons. The van der Waals surface area contributed by atoms with Crippen LogP contribution in [0.1, 0.15) is 42.4 Å². The molecule has 0 aliphatic carbocycles. The van der Waals surface area contributed by atoms with Crippen LogP contribution in [-0.2, 0) is 38.4 Å². The molecule has 4 aromatic carbocycles. The van der Waals surface area contributed by atoms with E-state index in [-0.39, 0.29) is 11.7 Å². The zero-order valence-corrected chi connectivity index (χ0v) is 24.4. The Hall–Kier alpha value is -4.16. The van der Waals surface area contributed by atoms with E-state index in [9.17, 15) is 14.4 Å². The molecular formula is C35H36ClNO5. The third-order valence-electron chi connectivity index (χ3n) is 7.06. The molecule has 0 spiro atoms. The van der Waals surface area contributed by atoms with Gasteiger partial charge in [0, 0.05) is 24.3 Å². The Morgan fingerprint density at radius 1 is 0.762 bits per heavy atom. The fraction of sp³-hybridized carbons (Fsp3) is 0.286. The maximum absolute atomic E-state index is 13.4. The number of ketones is 1. The summed E-state index contributed by atoms with van der Waals surface area (Å²) in [5.74, 6) is 0.550. The van der Waals surface area contributed by atoms with Gasteiger partial charge in [0.1, 0.15) is 5.75 Å². The van der Waals surface area contributed by atoms with Gasteiger partial charge in [-0.05, 0) is 77.4 Å². The van der Waals surface area contributed by atoms with Gasteiger partial charge in [-0.15, -0.1) is 0 Å². The number of aryl methyl sites for hydroxylation is 2. The largest absolute Gasteiger partial charge is 0.493 e. The third-order valence-corrected chi connectivity index (χ3v) is 7.30. The van der Waals surface area contributed by atoms with E-state index in [1.807, 2.05) is 66.7 Å². The highest BCUT2D eigenvalue weighted by atomic mass is 35.5. The van der Waals surface area contributed by atoms with E-state index in [0.717, 1.165) is 33.9 Å². The first-order valence-corrected chi connectivity index (χ1v) is 14.7. The Balaban J connectivity index is 1.35. The van der Waals surface area contributed by atoms with Crippen LogP contribution >= 0.6 is 11.6 Å². The van der Waals surface area contributed by atoms with Crippen LogP contribution in [0, 0.1) is 0 Å². The van der Waals surface area contributed by atoms with Crippen LogP contribution in [-0.4, -0.2) is 37.4 Å². The summed E-state index contributed by atoms with van der Waals surface area (Å²) in [7, 11) is 0. The van der Waals surface area contributed by atoms with Gasteiger partial charge in [0.15, 0.2) is 5.78 Å². The van der Waals surface area contributed by atoms with Crippen molar-refractivity contribution in [3.63, 3.8) is 0 Å². The lowest BCUT2D eigenvalue weighted by molar-refractivity contribution is -0.129. The van der Waals surface area contributed by atoms with Gasteiger partial charge in [0.2, 0.25) is 5.91 Å². The highest BCUT2D eigenvalue weighted by molar-refractivity contribution is 6.30. The molecule has 0 fully saturated rings. The van der Waals surface area contributed by atoms with Gasteiger partial charge < -0.3 is 14.8 Å². The predicted octanol–water partition coefficient (Wildman–Crippen LogP) is 6.69. The smallest absolute Gasteiger partial charge is 0.293 e. The molecule has 42 heavy (non-hydrogen) atoms. The lowest BCUT2D eigenvalue weighted by Crippen LogP contribution is -2.42. The normalized spacial score (nSPS) is 11.5. The maximum atomic E-state index is 13.4. The molecule has 4 rings (SSSR count). The van der Waals surface area contributed by atoms with Crippen LogP contribution in [0.4, 0.5) is 0 Å². The standard InChI is InChI=1S/C35H36ClNO5/c36-31-10-3-6-26(23-31)7-4-11-34(39)33(24-28-13-17-32(18-14-28)42-21-5-20-41-25-38)37-35(40)19-15-27-12-16-29-8-1-2-9-30(29)22-27/h1-3,6,8-10,12-14,16-18,22-23,25,33H,4-5,7,11,15,19-21,24H2,(H,37,40)/t33-/m0/s1. The minimum atomic E-state index is -0.624. The quantitative estimate of drug-likeness (QED) is 0.110. The van der Waals surface area contributed by atoms with E-state index in [1.165, 1.54) is 0 Å². The Morgan fingerprint density at radius 2 is 1.52 bits per heavy atom. The van der Waals surface area contributed by atoms with Crippen molar-refractivity contribution in [2.75, 3.05) is 13.2 Å². The van der Waals surface area contributed by atoms with Crippen LogP contribution in [0.3, 0.4) is 0 Å². The summed E-state index contributed by atoms with van der Waals surface area (Å²) in [6, 6.07) is 28.9. The number of ether oxygens (including phenoxy) is 2. The average Bonchev–Trinajstić information content (AvgIpc) is 3.00. The van der Waals surface area contributed by atoms with E-state index in [0.29, 0.717) is 69.0 Å². The number of amides is 1. The first kappa shape index (κ1) is 30.8. The van der Waals surface area contributed by atoms with Crippen molar-refractivity contribution < 1.29 is 23.9 Å². The first-order valence-electron chi connectivity index (χ1n) is 14.3. The molecule has 1 N–H and O–H groups in total. The van der Waals surface area contributed by atoms with Crippen LogP contribution in [0.25, 0.3) is 10.8 Å². The molecule has 0 heterocycles. The topological polar surface area (TPSA) is 81.7 Å². The summed E-state index contributed by atoms with van der Waals surface area (Å²) >= 11 is 6.10. The summed E-state index contributed by atoms with van der Waals surface area (Å²) in [4.78, 5) is 36.6. The highest BCUT2D eigenvalue weighted by Gasteiger charge is 2.21. The molecule has 0 aliphatic rings.